The number of halogens is 1. The molecule has 0 radical (unpaired) electrons. The van der Waals surface area contributed by atoms with Crippen LogP contribution in [0.2, 0.25) is 5.02 Å². The first kappa shape index (κ1) is 28.3. The van der Waals surface area contributed by atoms with Gasteiger partial charge in [0, 0.05) is 29.6 Å². The van der Waals surface area contributed by atoms with E-state index in [1.54, 1.807) is 13.3 Å². The fourth-order valence-corrected chi connectivity index (χ4v) is 6.05. The summed E-state index contributed by atoms with van der Waals surface area (Å²) in [7, 11) is 1.64. The van der Waals surface area contributed by atoms with E-state index in [2.05, 4.69) is 16.0 Å². The van der Waals surface area contributed by atoms with E-state index < -0.39 is 12.1 Å². The third-order valence-corrected chi connectivity index (χ3v) is 8.35. The lowest BCUT2D eigenvalue weighted by atomic mass is 9.79. The summed E-state index contributed by atoms with van der Waals surface area (Å²) < 4.78 is 5.38. The number of aliphatic carboxylic acids is 1. The molecule has 2 heterocycles. The molecule has 3 aromatic rings. The number of ether oxygens (including phenoxy) is 1. The van der Waals surface area contributed by atoms with Crippen molar-refractivity contribution >= 4 is 28.5 Å². The number of carbonyl (C=O) groups is 1. The van der Waals surface area contributed by atoms with Crippen molar-refractivity contribution in [1.29, 1.82) is 0 Å². The fourth-order valence-electron chi connectivity index (χ4n) is 5.82. The summed E-state index contributed by atoms with van der Waals surface area (Å²) in [6.07, 6.45) is 7.73. The second-order valence-electron chi connectivity index (χ2n) is 10.5. The first-order valence-corrected chi connectivity index (χ1v) is 14.1. The molecule has 2 N–H and O–H groups in total. The van der Waals surface area contributed by atoms with Gasteiger partial charge in [-0.1, -0.05) is 29.8 Å². The van der Waals surface area contributed by atoms with Crippen molar-refractivity contribution in [3.05, 3.63) is 70.9 Å². The maximum absolute atomic E-state index is 11.4. The monoisotopic (exact) mass is 538 g/mol. The Morgan fingerprint density at radius 1 is 1.16 bits per heavy atom. The van der Waals surface area contributed by atoms with Crippen molar-refractivity contribution in [2.45, 2.75) is 57.5 Å². The Labute approximate surface area is 230 Å². The molecule has 1 fully saturated rings. The number of aryl methyl sites for hydroxylation is 1. The number of pyridine rings is 1. The highest BCUT2D eigenvalue weighted by Crippen LogP contribution is 2.35. The number of fused-ring (bicyclic) bond motifs is 1. The fraction of sp³-hybridized carbons (Fsp3) is 0.484. The molecule has 38 heavy (non-hydrogen) atoms. The van der Waals surface area contributed by atoms with Gasteiger partial charge in [0.15, 0.2) is 0 Å². The maximum Gasteiger partial charge on any atom is 0.303 e. The van der Waals surface area contributed by atoms with Crippen LogP contribution in [0.15, 0.2) is 54.7 Å². The van der Waals surface area contributed by atoms with Crippen molar-refractivity contribution in [1.82, 2.24) is 9.88 Å². The van der Waals surface area contributed by atoms with Crippen molar-refractivity contribution in [2.75, 3.05) is 26.7 Å². The van der Waals surface area contributed by atoms with E-state index in [9.17, 15) is 15.0 Å². The van der Waals surface area contributed by atoms with Gasteiger partial charge in [-0.05, 0) is 111 Å². The van der Waals surface area contributed by atoms with Crippen molar-refractivity contribution in [3.63, 3.8) is 0 Å². The van der Waals surface area contributed by atoms with Crippen molar-refractivity contribution < 1.29 is 19.7 Å². The lowest BCUT2D eigenvalue weighted by molar-refractivity contribution is -0.137. The molecule has 3 atom stereocenters. The minimum atomic E-state index is -0.738. The predicted molar refractivity (Wildman–Crippen MR) is 152 cm³/mol. The third kappa shape index (κ3) is 7.68. The minimum absolute atomic E-state index is 0.193. The first-order valence-electron chi connectivity index (χ1n) is 13.7. The number of hydrogen-bond donors (Lipinski definition) is 2. The van der Waals surface area contributed by atoms with Crippen LogP contribution in [0.5, 0.6) is 5.75 Å². The number of carboxylic acid groups (broad SMARTS) is 1. The van der Waals surface area contributed by atoms with E-state index in [0.717, 1.165) is 79.0 Å². The molecule has 1 aliphatic rings. The summed E-state index contributed by atoms with van der Waals surface area (Å²) in [5.74, 6) is 0.737. The van der Waals surface area contributed by atoms with Crippen LogP contribution >= 0.6 is 11.6 Å². The number of aromatic nitrogens is 1. The van der Waals surface area contributed by atoms with E-state index in [0.29, 0.717) is 24.7 Å². The Morgan fingerprint density at radius 3 is 2.79 bits per heavy atom. The number of aliphatic hydroxyl groups is 1. The van der Waals surface area contributed by atoms with Gasteiger partial charge in [-0.15, -0.1) is 0 Å². The molecule has 1 unspecified atom stereocenters. The molecule has 4 rings (SSSR count). The van der Waals surface area contributed by atoms with E-state index in [1.807, 2.05) is 42.5 Å². The minimum Gasteiger partial charge on any atom is -0.497 e. The number of carboxylic acids is 1. The highest BCUT2D eigenvalue weighted by molar-refractivity contribution is 6.31. The van der Waals surface area contributed by atoms with Crippen LogP contribution in [0.4, 0.5) is 0 Å². The normalized spacial score (nSPS) is 18.9. The number of likely N-dealkylation sites (tertiary alicyclic amines) is 1. The number of piperidine rings is 1. The van der Waals surface area contributed by atoms with Gasteiger partial charge in [0.05, 0.1) is 18.7 Å². The molecule has 7 heteroatoms. The zero-order valence-electron chi connectivity index (χ0n) is 22.2. The molecule has 0 aliphatic carbocycles. The van der Waals surface area contributed by atoms with Crippen LogP contribution in [0, 0.1) is 11.8 Å². The average molecular weight is 539 g/mol. The molecule has 204 valence electrons. The smallest absolute Gasteiger partial charge is 0.303 e. The summed E-state index contributed by atoms with van der Waals surface area (Å²) >= 11 is 6.30. The molecule has 6 nitrogen and oxygen atoms in total. The largest absolute Gasteiger partial charge is 0.497 e. The number of nitrogens with zero attached hydrogens (tertiary/aromatic N) is 2. The van der Waals surface area contributed by atoms with Crippen LogP contribution in [0.25, 0.3) is 10.9 Å². The maximum atomic E-state index is 11.4. The molecular formula is C31H39ClN2O4. The Balaban J connectivity index is 1.32. The quantitative estimate of drug-likeness (QED) is 0.240. The lowest BCUT2D eigenvalue weighted by Gasteiger charge is -2.39. The SMILES string of the molecule is COc1ccc2nccc(C(O)CC[C@@H]3CCN(CCCCc4ccccc4Cl)C[C@@H]3CCC(=O)O)c2c1. The topological polar surface area (TPSA) is 82.9 Å². The average Bonchev–Trinajstić information content (AvgIpc) is 2.93. The van der Waals surface area contributed by atoms with Crippen LogP contribution < -0.4 is 4.74 Å². The van der Waals surface area contributed by atoms with Gasteiger partial charge in [0.2, 0.25) is 0 Å². The first-order chi connectivity index (χ1) is 18.4. The number of aliphatic hydroxyl groups excluding tert-OH is 1. The second kappa shape index (κ2) is 13.9. The summed E-state index contributed by atoms with van der Waals surface area (Å²) in [6, 6.07) is 15.6. The summed E-state index contributed by atoms with van der Waals surface area (Å²) in [5, 5.41) is 22.2. The second-order valence-corrected chi connectivity index (χ2v) is 10.9. The van der Waals surface area contributed by atoms with Gasteiger partial charge in [0.1, 0.15) is 5.75 Å². The molecule has 0 bridgehead atoms. The molecule has 1 saturated heterocycles. The van der Waals surface area contributed by atoms with E-state index in [1.165, 1.54) is 5.56 Å². The highest BCUT2D eigenvalue weighted by atomic mass is 35.5. The number of hydrogen-bond acceptors (Lipinski definition) is 5. The van der Waals surface area contributed by atoms with Gasteiger partial charge in [0.25, 0.3) is 0 Å². The third-order valence-electron chi connectivity index (χ3n) is 7.99. The van der Waals surface area contributed by atoms with E-state index in [4.69, 9.17) is 16.3 Å². The predicted octanol–water partition coefficient (Wildman–Crippen LogP) is 6.54. The standard InChI is InChI=1S/C31H39ClN2O4/c1-38-25-11-12-29-27(20-25)26(15-17-33-29)30(35)13-9-22-16-19-34(21-24(22)10-14-31(36)37)18-5-4-7-23-6-2-3-8-28(23)32/h2-3,6,8,11-12,15,17,20,22,24,30,35H,4-5,7,9-10,13-14,16,18-19,21H2,1H3,(H,36,37)/t22-,24+,30?/m1/s1. The lowest BCUT2D eigenvalue weighted by Crippen LogP contribution is -2.41. The van der Waals surface area contributed by atoms with Crippen LogP contribution in [0.1, 0.15) is 62.2 Å². The number of benzene rings is 2. The van der Waals surface area contributed by atoms with Gasteiger partial charge in [-0.3, -0.25) is 9.78 Å². The molecule has 0 saturated carbocycles. The van der Waals surface area contributed by atoms with Crippen LogP contribution in [-0.4, -0.2) is 52.8 Å². The molecular weight excluding hydrogens is 500 g/mol. The van der Waals surface area contributed by atoms with Crippen molar-refractivity contribution in [3.8, 4) is 5.75 Å². The van der Waals surface area contributed by atoms with Crippen molar-refractivity contribution in [2.24, 2.45) is 11.8 Å². The molecule has 0 amide bonds. The van der Waals surface area contributed by atoms with E-state index >= 15 is 0 Å². The Morgan fingerprint density at radius 2 is 2.00 bits per heavy atom. The van der Waals surface area contributed by atoms with E-state index in [-0.39, 0.29) is 6.42 Å². The summed E-state index contributed by atoms with van der Waals surface area (Å²) in [5.41, 5.74) is 2.91. The van der Waals surface area contributed by atoms with Crippen LogP contribution in [0.3, 0.4) is 0 Å². The summed E-state index contributed by atoms with van der Waals surface area (Å²) in [4.78, 5) is 18.3. The Kier molecular flexibility index (Phi) is 10.4. The Bertz CT molecular complexity index is 1200. The molecule has 1 aliphatic heterocycles. The van der Waals surface area contributed by atoms with Gasteiger partial charge >= 0.3 is 5.97 Å². The molecule has 2 aromatic carbocycles. The summed E-state index contributed by atoms with van der Waals surface area (Å²) in [6.45, 7) is 2.97. The zero-order chi connectivity index (χ0) is 26.9. The van der Waals surface area contributed by atoms with Gasteiger partial charge in [-0.2, -0.15) is 0 Å². The number of methoxy groups -OCH3 is 1. The molecule has 0 spiro atoms. The number of rotatable bonds is 13. The number of unbranched alkanes of at least 4 members (excludes halogenated alkanes) is 1. The highest BCUT2D eigenvalue weighted by Gasteiger charge is 2.30. The van der Waals surface area contributed by atoms with Crippen LogP contribution in [-0.2, 0) is 11.2 Å². The van der Waals surface area contributed by atoms with Gasteiger partial charge in [-0.25, -0.2) is 0 Å². The van der Waals surface area contributed by atoms with Gasteiger partial charge < -0.3 is 19.8 Å². The zero-order valence-corrected chi connectivity index (χ0v) is 22.9. The Hall–Kier alpha value is -2.67. The molecule has 1 aromatic heterocycles.